The monoisotopic (exact) mass is 510 g/mol. The van der Waals surface area contributed by atoms with Crippen LogP contribution < -0.4 is 10.6 Å². The molecule has 0 aliphatic rings. The van der Waals surface area contributed by atoms with Gasteiger partial charge in [-0.05, 0) is 23.6 Å². The van der Waals surface area contributed by atoms with Crippen molar-refractivity contribution in [1.29, 1.82) is 0 Å². The molecule has 2 N–H and O–H groups in total. The van der Waals surface area contributed by atoms with E-state index in [9.17, 15) is 4.79 Å². The fraction of sp³-hybridized carbons (Fsp3) is 0.364. The summed E-state index contributed by atoms with van der Waals surface area (Å²) in [5.41, 5.74) is 3.37. The first-order valence-corrected chi connectivity index (χ1v) is 9.50. The van der Waals surface area contributed by atoms with Crippen molar-refractivity contribution in [2.45, 2.75) is 26.7 Å². The smallest absolute Gasteiger partial charge is 0.241 e. The molecule has 0 saturated heterocycles. The van der Waals surface area contributed by atoms with Gasteiger partial charge in [0, 0.05) is 20.6 Å². The van der Waals surface area contributed by atoms with Gasteiger partial charge in [-0.25, -0.2) is 4.99 Å². The Bertz CT molecular complexity index is 766. The Morgan fingerprint density at radius 2 is 1.62 bits per heavy atom. The maximum absolute atomic E-state index is 11.7. The van der Waals surface area contributed by atoms with Crippen LogP contribution in [0.4, 0.5) is 0 Å². The SMILES string of the molecule is CCNC(=NCc1cccc(COCc2ccccc2)c1)NCC(=O)N(C)C.I. The number of carbonyl (C=O) groups excluding carboxylic acids is 1. The van der Waals surface area contributed by atoms with Crippen molar-refractivity contribution in [3.8, 4) is 0 Å². The summed E-state index contributed by atoms with van der Waals surface area (Å²) in [5.74, 6) is 0.631. The van der Waals surface area contributed by atoms with E-state index < -0.39 is 0 Å². The second kappa shape index (κ2) is 13.9. The molecule has 0 aromatic heterocycles. The highest BCUT2D eigenvalue weighted by atomic mass is 127. The molecule has 2 aromatic carbocycles. The third-order valence-corrected chi connectivity index (χ3v) is 4.04. The Labute approximate surface area is 190 Å². The lowest BCUT2D eigenvalue weighted by Crippen LogP contribution is -2.42. The van der Waals surface area contributed by atoms with Gasteiger partial charge in [0.05, 0.1) is 26.3 Å². The number of benzene rings is 2. The number of amides is 1. The number of hydrogen-bond acceptors (Lipinski definition) is 3. The number of hydrogen-bond donors (Lipinski definition) is 2. The topological polar surface area (TPSA) is 66.0 Å². The van der Waals surface area contributed by atoms with Gasteiger partial charge in [0.1, 0.15) is 0 Å². The fourth-order valence-corrected chi connectivity index (χ4v) is 2.51. The van der Waals surface area contributed by atoms with Crippen molar-refractivity contribution in [2.24, 2.45) is 4.99 Å². The van der Waals surface area contributed by atoms with Crippen molar-refractivity contribution in [3.05, 3.63) is 71.3 Å². The summed E-state index contributed by atoms with van der Waals surface area (Å²) in [4.78, 5) is 17.9. The van der Waals surface area contributed by atoms with Gasteiger partial charge in [0.15, 0.2) is 5.96 Å². The van der Waals surface area contributed by atoms with E-state index >= 15 is 0 Å². The Morgan fingerprint density at radius 3 is 2.31 bits per heavy atom. The van der Waals surface area contributed by atoms with Crippen LogP contribution in [0.15, 0.2) is 59.6 Å². The zero-order chi connectivity index (χ0) is 20.2. The van der Waals surface area contributed by atoms with Gasteiger partial charge < -0.3 is 20.3 Å². The van der Waals surface area contributed by atoms with Gasteiger partial charge in [0.25, 0.3) is 0 Å². The lowest BCUT2D eigenvalue weighted by atomic mass is 10.1. The van der Waals surface area contributed by atoms with Crippen LogP contribution in [-0.2, 0) is 29.3 Å². The summed E-state index contributed by atoms with van der Waals surface area (Å²) >= 11 is 0. The second-order valence-corrected chi connectivity index (χ2v) is 6.64. The van der Waals surface area contributed by atoms with Crippen LogP contribution in [0.25, 0.3) is 0 Å². The maximum Gasteiger partial charge on any atom is 0.241 e. The van der Waals surface area contributed by atoms with Crippen molar-refractivity contribution >= 4 is 35.8 Å². The van der Waals surface area contributed by atoms with Gasteiger partial charge in [-0.1, -0.05) is 54.6 Å². The first-order valence-electron chi connectivity index (χ1n) is 9.50. The molecule has 7 heteroatoms. The average molecular weight is 510 g/mol. The van der Waals surface area contributed by atoms with E-state index in [-0.39, 0.29) is 36.4 Å². The normalized spacial score (nSPS) is 10.8. The summed E-state index contributed by atoms with van der Waals surface area (Å²) in [6, 6.07) is 18.4. The van der Waals surface area contributed by atoms with Crippen LogP contribution in [0.1, 0.15) is 23.6 Å². The Balaban J connectivity index is 0.00000420. The number of nitrogens with zero attached hydrogens (tertiary/aromatic N) is 2. The molecule has 0 radical (unpaired) electrons. The highest BCUT2D eigenvalue weighted by Crippen LogP contribution is 2.10. The number of halogens is 1. The van der Waals surface area contributed by atoms with E-state index in [1.165, 1.54) is 0 Å². The summed E-state index contributed by atoms with van der Waals surface area (Å²) in [6.07, 6.45) is 0. The maximum atomic E-state index is 11.7. The molecule has 0 aliphatic carbocycles. The summed E-state index contributed by atoms with van der Waals surface area (Å²) in [5, 5.41) is 6.22. The molecule has 0 unspecified atom stereocenters. The first-order chi connectivity index (χ1) is 13.6. The Kier molecular flexibility index (Phi) is 12.0. The minimum atomic E-state index is 0. The number of likely N-dealkylation sites (N-methyl/N-ethyl adjacent to an activating group) is 1. The minimum Gasteiger partial charge on any atom is -0.372 e. The predicted octanol–water partition coefficient (Wildman–Crippen LogP) is 3.16. The Morgan fingerprint density at radius 1 is 0.966 bits per heavy atom. The molecular weight excluding hydrogens is 479 g/mol. The Hall–Kier alpha value is -2.13. The molecule has 0 bridgehead atoms. The minimum absolute atomic E-state index is 0. The molecular formula is C22H31IN4O2. The van der Waals surface area contributed by atoms with E-state index in [4.69, 9.17) is 4.74 Å². The van der Waals surface area contributed by atoms with E-state index in [1.54, 1.807) is 19.0 Å². The molecule has 6 nitrogen and oxygen atoms in total. The van der Waals surface area contributed by atoms with Crippen LogP contribution in [0.3, 0.4) is 0 Å². The van der Waals surface area contributed by atoms with Crippen LogP contribution in [0.5, 0.6) is 0 Å². The molecule has 158 valence electrons. The molecule has 29 heavy (non-hydrogen) atoms. The molecule has 0 atom stereocenters. The summed E-state index contributed by atoms with van der Waals surface area (Å²) < 4.78 is 5.81. The van der Waals surface area contributed by atoms with Crippen LogP contribution >= 0.6 is 24.0 Å². The van der Waals surface area contributed by atoms with E-state index in [2.05, 4.69) is 39.9 Å². The van der Waals surface area contributed by atoms with Crippen molar-refractivity contribution < 1.29 is 9.53 Å². The van der Waals surface area contributed by atoms with E-state index in [1.807, 2.05) is 37.3 Å². The zero-order valence-electron chi connectivity index (χ0n) is 17.4. The number of rotatable bonds is 9. The third-order valence-electron chi connectivity index (χ3n) is 4.04. The van der Waals surface area contributed by atoms with E-state index in [0.29, 0.717) is 25.7 Å². The van der Waals surface area contributed by atoms with Crippen molar-refractivity contribution in [2.75, 3.05) is 27.2 Å². The number of ether oxygens (including phenoxy) is 1. The van der Waals surface area contributed by atoms with Gasteiger partial charge in [-0.2, -0.15) is 0 Å². The van der Waals surface area contributed by atoms with Crippen LogP contribution in [0, 0.1) is 0 Å². The predicted molar refractivity (Wildman–Crippen MR) is 128 cm³/mol. The molecule has 1 amide bonds. The molecule has 0 saturated carbocycles. The van der Waals surface area contributed by atoms with Crippen LogP contribution in [-0.4, -0.2) is 44.0 Å². The molecule has 0 spiro atoms. The van der Waals surface area contributed by atoms with Crippen molar-refractivity contribution in [1.82, 2.24) is 15.5 Å². The van der Waals surface area contributed by atoms with Crippen LogP contribution in [0.2, 0.25) is 0 Å². The zero-order valence-corrected chi connectivity index (χ0v) is 19.7. The number of nitrogens with one attached hydrogen (secondary N) is 2. The molecule has 0 heterocycles. The molecule has 2 rings (SSSR count). The van der Waals surface area contributed by atoms with Gasteiger partial charge in [0.2, 0.25) is 5.91 Å². The third kappa shape index (κ3) is 9.76. The molecule has 0 aliphatic heterocycles. The average Bonchev–Trinajstić information content (AvgIpc) is 2.71. The summed E-state index contributed by atoms with van der Waals surface area (Å²) in [6.45, 7) is 4.62. The van der Waals surface area contributed by atoms with Gasteiger partial charge >= 0.3 is 0 Å². The summed E-state index contributed by atoms with van der Waals surface area (Å²) in [7, 11) is 3.47. The highest BCUT2D eigenvalue weighted by molar-refractivity contribution is 14.0. The van der Waals surface area contributed by atoms with E-state index in [0.717, 1.165) is 23.2 Å². The highest BCUT2D eigenvalue weighted by Gasteiger charge is 2.05. The second-order valence-electron chi connectivity index (χ2n) is 6.64. The number of guanidine groups is 1. The van der Waals surface area contributed by atoms with Gasteiger partial charge in [-0.3, -0.25) is 4.79 Å². The number of aliphatic imine (C=N–C) groups is 1. The quantitative estimate of drug-likeness (QED) is 0.309. The largest absolute Gasteiger partial charge is 0.372 e. The fourth-order valence-electron chi connectivity index (χ4n) is 2.51. The van der Waals surface area contributed by atoms with Crippen molar-refractivity contribution in [3.63, 3.8) is 0 Å². The first kappa shape index (κ1) is 24.9. The molecule has 0 fully saturated rings. The lowest BCUT2D eigenvalue weighted by molar-refractivity contribution is -0.127. The standard InChI is InChI=1S/C22H30N4O2.HI/c1-4-23-22(25-15-21(27)26(2)3)24-14-19-11-8-12-20(13-19)17-28-16-18-9-6-5-7-10-18;/h5-13H,4,14-17H2,1-3H3,(H2,23,24,25);1H. The van der Waals surface area contributed by atoms with Gasteiger partial charge in [-0.15, -0.1) is 24.0 Å². The number of carbonyl (C=O) groups is 1. The lowest BCUT2D eigenvalue weighted by Gasteiger charge is -2.14. The molecule has 2 aromatic rings.